The SMILES string of the molecule is CC(C)N1NC(S(=O)(=O)c2ccccc2)N(C(C)C)N1C(C)C. The topological polar surface area (TPSA) is 55.9 Å². The summed E-state index contributed by atoms with van der Waals surface area (Å²) >= 11 is 0. The van der Waals surface area contributed by atoms with Crippen LogP contribution < -0.4 is 5.43 Å². The number of hydrogen-bond acceptors (Lipinski definition) is 6. The molecule has 6 nitrogen and oxygen atoms in total. The van der Waals surface area contributed by atoms with E-state index in [4.69, 9.17) is 0 Å². The van der Waals surface area contributed by atoms with Gasteiger partial charge in [-0.2, -0.15) is 15.2 Å². The van der Waals surface area contributed by atoms with E-state index in [0.717, 1.165) is 0 Å². The Morgan fingerprint density at radius 1 is 0.913 bits per heavy atom. The van der Waals surface area contributed by atoms with Crippen molar-refractivity contribution in [1.82, 2.24) is 20.7 Å². The van der Waals surface area contributed by atoms with Crippen LogP contribution in [0.1, 0.15) is 41.5 Å². The second-order valence-corrected chi connectivity index (χ2v) is 8.67. The van der Waals surface area contributed by atoms with Crippen molar-refractivity contribution in [3.63, 3.8) is 0 Å². The lowest BCUT2D eigenvalue weighted by molar-refractivity contribution is -0.184. The molecule has 1 N–H and O–H groups in total. The lowest BCUT2D eigenvalue weighted by Gasteiger charge is -2.39. The third kappa shape index (κ3) is 3.44. The fourth-order valence-electron chi connectivity index (χ4n) is 2.81. The van der Waals surface area contributed by atoms with Crippen molar-refractivity contribution in [3.8, 4) is 0 Å². The quantitative estimate of drug-likeness (QED) is 0.887. The number of rotatable bonds is 5. The Labute approximate surface area is 139 Å². The predicted octanol–water partition coefficient (Wildman–Crippen LogP) is 2.22. The predicted molar refractivity (Wildman–Crippen MR) is 91.5 cm³/mol. The van der Waals surface area contributed by atoms with Crippen LogP contribution in [-0.2, 0) is 9.84 Å². The molecule has 0 bridgehead atoms. The molecule has 23 heavy (non-hydrogen) atoms. The van der Waals surface area contributed by atoms with Crippen LogP contribution in [0.15, 0.2) is 35.2 Å². The lowest BCUT2D eigenvalue weighted by atomic mass is 10.3. The fraction of sp³-hybridized carbons (Fsp3) is 0.625. The minimum absolute atomic E-state index is 0.0390. The van der Waals surface area contributed by atoms with Gasteiger partial charge in [-0.1, -0.05) is 18.2 Å². The molecular formula is C16H28N4O2S. The van der Waals surface area contributed by atoms with Crippen LogP contribution in [0.4, 0.5) is 0 Å². The molecule has 0 amide bonds. The molecule has 1 atom stereocenters. The molecule has 1 aromatic carbocycles. The van der Waals surface area contributed by atoms with Gasteiger partial charge in [-0.15, -0.1) is 0 Å². The maximum absolute atomic E-state index is 13.1. The Hall–Kier alpha value is -0.990. The van der Waals surface area contributed by atoms with E-state index in [9.17, 15) is 8.42 Å². The normalized spacial score (nSPS) is 21.9. The molecule has 1 aromatic rings. The van der Waals surface area contributed by atoms with E-state index in [1.165, 1.54) is 0 Å². The van der Waals surface area contributed by atoms with E-state index in [2.05, 4.69) is 19.3 Å². The van der Waals surface area contributed by atoms with E-state index in [-0.39, 0.29) is 18.1 Å². The maximum Gasteiger partial charge on any atom is 0.210 e. The van der Waals surface area contributed by atoms with Crippen LogP contribution in [0.2, 0.25) is 0 Å². The summed E-state index contributed by atoms with van der Waals surface area (Å²) in [6.45, 7) is 12.2. The molecular weight excluding hydrogens is 312 g/mol. The molecule has 0 aromatic heterocycles. The average molecular weight is 340 g/mol. The highest BCUT2D eigenvalue weighted by molar-refractivity contribution is 7.92. The van der Waals surface area contributed by atoms with Gasteiger partial charge in [-0.3, -0.25) is 0 Å². The molecule has 1 saturated heterocycles. The lowest BCUT2D eigenvalue weighted by Crippen LogP contribution is -2.55. The van der Waals surface area contributed by atoms with E-state index in [1.807, 2.05) is 49.0 Å². The maximum atomic E-state index is 13.1. The first-order chi connectivity index (χ1) is 10.7. The van der Waals surface area contributed by atoms with E-state index in [1.54, 1.807) is 24.3 Å². The summed E-state index contributed by atoms with van der Waals surface area (Å²) in [5.41, 5.74) is 2.38. The highest BCUT2D eigenvalue weighted by Gasteiger charge is 2.48. The van der Waals surface area contributed by atoms with Crippen LogP contribution >= 0.6 is 0 Å². The number of sulfone groups is 1. The van der Waals surface area contributed by atoms with Gasteiger partial charge in [0.1, 0.15) is 0 Å². The van der Waals surface area contributed by atoms with Crippen LogP contribution in [0.5, 0.6) is 0 Å². The summed E-state index contributed by atoms with van der Waals surface area (Å²) in [7, 11) is -3.53. The Kier molecular flexibility index (Phi) is 5.48. The van der Waals surface area contributed by atoms with Gasteiger partial charge < -0.3 is 0 Å². The number of benzene rings is 1. The molecule has 0 saturated carbocycles. The van der Waals surface area contributed by atoms with Gasteiger partial charge in [-0.05, 0) is 53.7 Å². The van der Waals surface area contributed by atoms with Crippen molar-refractivity contribution in [2.45, 2.75) is 70.1 Å². The molecule has 1 fully saturated rings. The number of hydrazine groups is 3. The number of hydrogen-bond donors (Lipinski definition) is 1. The summed E-state index contributed by atoms with van der Waals surface area (Å²) in [4.78, 5) is 0.331. The van der Waals surface area contributed by atoms with Crippen molar-refractivity contribution in [2.75, 3.05) is 0 Å². The molecule has 0 radical (unpaired) electrons. The first-order valence-electron chi connectivity index (χ1n) is 8.09. The zero-order valence-corrected chi connectivity index (χ0v) is 15.6. The Bertz CT molecular complexity index is 616. The van der Waals surface area contributed by atoms with Gasteiger partial charge >= 0.3 is 0 Å². The van der Waals surface area contributed by atoms with Crippen molar-refractivity contribution in [3.05, 3.63) is 30.3 Å². The highest BCUT2D eigenvalue weighted by Crippen LogP contribution is 2.29. The summed E-state index contributed by atoms with van der Waals surface area (Å²) in [6, 6.07) is 8.93. The first-order valence-corrected chi connectivity index (χ1v) is 9.64. The van der Waals surface area contributed by atoms with E-state index >= 15 is 0 Å². The van der Waals surface area contributed by atoms with Crippen molar-refractivity contribution in [1.29, 1.82) is 0 Å². The average Bonchev–Trinajstić information content (AvgIpc) is 2.90. The third-order valence-electron chi connectivity index (χ3n) is 3.79. The molecule has 7 heteroatoms. The third-order valence-corrected chi connectivity index (χ3v) is 5.62. The molecule has 130 valence electrons. The molecule has 1 heterocycles. The van der Waals surface area contributed by atoms with Crippen molar-refractivity contribution < 1.29 is 8.42 Å². The Morgan fingerprint density at radius 2 is 1.48 bits per heavy atom. The minimum atomic E-state index is -3.53. The molecule has 0 aliphatic carbocycles. The minimum Gasteiger partial charge on any atom is -0.221 e. The standard InChI is InChI=1S/C16H28N4O2S/c1-12(2)18-16(17-19(13(3)4)20(18)14(5)6)23(21,22)15-10-8-7-9-11-15/h7-14,16-17H,1-6H3. The Morgan fingerprint density at radius 3 is 1.91 bits per heavy atom. The highest BCUT2D eigenvalue weighted by atomic mass is 32.2. The summed E-state index contributed by atoms with van der Waals surface area (Å²) < 4.78 is 26.3. The van der Waals surface area contributed by atoms with Crippen molar-refractivity contribution >= 4 is 9.84 Å². The van der Waals surface area contributed by atoms with E-state index in [0.29, 0.717) is 4.90 Å². The second-order valence-electron chi connectivity index (χ2n) is 6.67. The van der Waals surface area contributed by atoms with Gasteiger partial charge in [-0.25, -0.2) is 13.8 Å². The number of nitrogens with zero attached hydrogens (tertiary/aromatic N) is 3. The summed E-state index contributed by atoms with van der Waals surface area (Å²) in [5.74, 6) is 0. The number of nitrogens with one attached hydrogen (secondary N) is 1. The Balaban J connectivity index is 2.48. The first kappa shape index (κ1) is 18.4. The van der Waals surface area contributed by atoms with Gasteiger partial charge in [0.25, 0.3) is 0 Å². The molecule has 1 unspecified atom stereocenters. The van der Waals surface area contributed by atoms with Crippen LogP contribution in [0, 0.1) is 0 Å². The monoisotopic (exact) mass is 340 g/mol. The fourth-order valence-corrected chi connectivity index (χ4v) is 4.47. The van der Waals surface area contributed by atoms with E-state index < -0.39 is 15.3 Å². The largest absolute Gasteiger partial charge is 0.221 e. The summed E-state index contributed by atoms with van der Waals surface area (Å²) in [5, 5.41) is 5.84. The zero-order valence-electron chi connectivity index (χ0n) is 14.8. The summed E-state index contributed by atoms with van der Waals surface area (Å²) in [6.07, 6.45) is 0. The van der Waals surface area contributed by atoms with Crippen LogP contribution in [0.25, 0.3) is 0 Å². The van der Waals surface area contributed by atoms with Gasteiger partial charge in [0.15, 0.2) is 5.50 Å². The molecule has 1 aliphatic rings. The van der Waals surface area contributed by atoms with Gasteiger partial charge in [0.2, 0.25) is 9.84 Å². The second kappa shape index (κ2) is 6.86. The molecule has 0 spiro atoms. The zero-order chi connectivity index (χ0) is 17.4. The smallest absolute Gasteiger partial charge is 0.210 e. The van der Waals surface area contributed by atoms with Gasteiger partial charge in [0.05, 0.1) is 4.90 Å². The molecule has 1 aliphatic heterocycles. The van der Waals surface area contributed by atoms with Crippen LogP contribution in [0.3, 0.4) is 0 Å². The van der Waals surface area contributed by atoms with Crippen LogP contribution in [-0.4, -0.2) is 47.3 Å². The van der Waals surface area contributed by atoms with Gasteiger partial charge in [0, 0.05) is 18.1 Å². The van der Waals surface area contributed by atoms with Crippen molar-refractivity contribution in [2.24, 2.45) is 0 Å². The molecule has 2 rings (SSSR count).